The van der Waals surface area contributed by atoms with Gasteiger partial charge < -0.3 is 10.1 Å². The Morgan fingerprint density at radius 1 is 1.10 bits per heavy atom. The zero-order valence-corrected chi connectivity index (χ0v) is 18.5. The van der Waals surface area contributed by atoms with Gasteiger partial charge in [-0.1, -0.05) is 56.2 Å². The summed E-state index contributed by atoms with van der Waals surface area (Å²) in [5, 5.41) is 2.90. The van der Waals surface area contributed by atoms with Gasteiger partial charge in [0.2, 0.25) is 0 Å². The second-order valence-corrected chi connectivity index (χ2v) is 8.18. The van der Waals surface area contributed by atoms with E-state index in [9.17, 15) is 9.59 Å². The summed E-state index contributed by atoms with van der Waals surface area (Å²) in [5.41, 5.74) is 8.24. The van der Waals surface area contributed by atoms with Crippen LogP contribution in [-0.2, 0) is 4.79 Å². The van der Waals surface area contributed by atoms with Crippen molar-refractivity contribution < 1.29 is 14.3 Å². The maximum absolute atomic E-state index is 12.0. The summed E-state index contributed by atoms with van der Waals surface area (Å²) in [6, 6.07) is 9.84. The van der Waals surface area contributed by atoms with Crippen LogP contribution in [0.25, 0.3) is 16.7 Å². The fourth-order valence-corrected chi connectivity index (χ4v) is 4.48. The lowest BCUT2D eigenvalue weighted by Crippen LogP contribution is -2.25. The third-order valence-corrected chi connectivity index (χ3v) is 6.03. The van der Waals surface area contributed by atoms with Crippen molar-refractivity contribution in [1.29, 1.82) is 0 Å². The van der Waals surface area contributed by atoms with Gasteiger partial charge in [-0.2, -0.15) is 0 Å². The minimum Gasteiger partial charge on any atom is -0.481 e. The van der Waals surface area contributed by atoms with Crippen LogP contribution < -0.4 is 10.1 Å². The Morgan fingerprint density at radius 3 is 2.65 bits per heavy atom. The zero-order chi connectivity index (χ0) is 22.0. The molecule has 1 heterocycles. The molecule has 0 fully saturated rings. The molecular weight excluding hydrogens is 386 g/mol. The van der Waals surface area contributed by atoms with E-state index in [1.54, 1.807) is 6.92 Å². The fraction of sp³-hybridized carbons (Fsp3) is 0.333. The van der Waals surface area contributed by atoms with Gasteiger partial charge >= 0.3 is 0 Å². The van der Waals surface area contributed by atoms with Crippen molar-refractivity contribution in [2.24, 2.45) is 0 Å². The number of allylic oxidation sites excluding steroid dienone is 3. The molecule has 4 rings (SSSR count). The molecule has 2 aliphatic rings. The molecule has 1 N–H and O–H groups in total. The van der Waals surface area contributed by atoms with E-state index < -0.39 is 0 Å². The third kappa shape index (κ3) is 4.07. The molecule has 0 radical (unpaired) electrons. The van der Waals surface area contributed by atoms with Crippen molar-refractivity contribution >= 4 is 23.0 Å². The summed E-state index contributed by atoms with van der Waals surface area (Å²) in [7, 11) is 0. The number of nitrogens with one attached hydrogen (secondary N) is 1. The topological polar surface area (TPSA) is 55.4 Å². The molecule has 4 heteroatoms. The first-order valence-corrected chi connectivity index (χ1v) is 11.2. The first kappa shape index (κ1) is 21.1. The van der Waals surface area contributed by atoms with Crippen molar-refractivity contribution in [1.82, 2.24) is 0 Å². The standard InChI is InChI=1S/C27H29NO3/c1-4-8-18(5-2)9-6-7-10-20-21-12-11-19(17(3)29)15-23(21)26-22(20)13-14-24-27(26)31-16-25(30)28-24/h9-15H,4-8,16H2,1-3H3,(H,28,30). The normalized spacial score (nSPS) is 15.8. The highest BCUT2D eigenvalue weighted by atomic mass is 16.5. The molecule has 0 saturated carbocycles. The Hall–Kier alpha value is -3.14. The summed E-state index contributed by atoms with van der Waals surface area (Å²) >= 11 is 0. The maximum atomic E-state index is 12.0. The highest BCUT2D eigenvalue weighted by Gasteiger charge is 2.31. The number of rotatable bonds is 7. The van der Waals surface area contributed by atoms with E-state index in [1.807, 2.05) is 30.3 Å². The van der Waals surface area contributed by atoms with Crippen molar-refractivity contribution in [2.45, 2.75) is 52.9 Å². The second-order valence-electron chi connectivity index (χ2n) is 8.18. The van der Waals surface area contributed by atoms with Crippen LogP contribution in [-0.4, -0.2) is 18.3 Å². The number of carbonyl (C=O) groups excluding carboxylic acids is 2. The Morgan fingerprint density at radius 2 is 1.90 bits per heavy atom. The fourth-order valence-electron chi connectivity index (χ4n) is 4.48. The minimum absolute atomic E-state index is 0.00620. The third-order valence-electron chi connectivity index (χ3n) is 6.03. The van der Waals surface area contributed by atoms with Crippen molar-refractivity contribution in [3.63, 3.8) is 0 Å². The van der Waals surface area contributed by atoms with Gasteiger partial charge in [0.05, 0.1) is 5.69 Å². The molecule has 2 aromatic carbocycles. The maximum Gasteiger partial charge on any atom is 0.262 e. The second kappa shape index (κ2) is 8.93. The molecule has 0 spiro atoms. The van der Waals surface area contributed by atoms with Crippen molar-refractivity contribution in [3.05, 3.63) is 64.7 Å². The zero-order valence-electron chi connectivity index (χ0n) is 18.5. The molecular formula is C27H29NO3. The van der Waals surface area contributed by atoms with Crippen LogP contribution in [0.1, 0.15) is 74.4 Å². The quantitative estimate of drug-likeness (QED) is 0.270. The Kier molecular flexibility index (Phi) is 6.08. The van der Waals surface area contributed by atoms with Gasteiger partial charge in [-0.25, -0.2) is 0 Å². The predicted octanol–water partition coefficient (Wildman–Crippen LogP) is 6.55. The molecule has 0 unspecified atom stereocenters. The van der Waals surface area contributed by atoms with Gasteiger partial charge in [-0.3, -0.25) is 9.59 Å². The van der Waals surface area contributed by atoms with Gasteiger partial charge in [-0.15, -0.1) is 0 Å². The van der Waals surface area contributed by atoms with E-state index in [0.29, 0.717) is 17.0 Å². The average Bonchev–Trinajstić information content (AvgIpc) is 3.08. The monoisotopic (exact) mass is 415 g/mol. The van der Waals surface area contributed by atoms with Gasteiger partial charge in [-0.05, 0) is 67.0 Å². The molecule has 1 aliphatic carbocycles. The van der Waals surface area contributed by atoms with Gasteiger partial charge in [0, 0.05) is 11.1 Å². The summed E-state index contributed by atoms with van der Waals surface area (Å²) in [6.45, 7) is 6.03. The van der Waals surface area contributed by atoms with Crippen LogP contribution in [0.2, 0.25) is 0 Å². The van der Waals surface area contributed by atoms with Crippen LogP contribution in [0.15, 0.2) is 48.1 Å². The SMILES string of the molecule is CCCC(=CCCC=C1c2ccc(C(C)=O)cc2-c2c1ccc1c2OCC(=O)N1)CC. The summed E-state index contributed by atoms with van der Waals surface area (Å²) in [4.78, 5) is 23.8. The first-order valence-electron chi connectivity index (χ1n) is 11.2. The molecule has 1 amide bonds. The number of hydrogen-bond acceptors (Lipinski definition) is 3. The molecule has 2 aromatic rings. The van der Waals surface area contributed by atoms with Crippen LogP contribution >= 0.6 is 0 Å². The number of amides is 1. The minimum atomic E-state index is -0.149. The van der Waals surface area contributed by atoms with E-state index in [-0.39, 0.29) is 18.3 Å². The van der Waals surface area contributed by atoms with E-state index in [0.717, 1.165) is 41.5 Å². The molecule has 1 aliphatic heterocycles. The van der Waals surface area contributed by atoms with Crippen LogP contribution in [0.3, 0.4) is 0 Å². The number of carbonyl (C=O) groups is 2. The van der Waals surface area contributed by atoms with Gasteiger partial charge in [0.15, 0.2) is 18.1 Å². The van der Waals surface area contributed by atoms with Crippen molar-refractivity contribution in [2.75, 3.05) is 11.9 Å². The molecule has 4 nitrogen and oxygen atoms in total. The first-order chi connectivity index (χ1) is 15.0. The number of benzene rings is 2. The van der Waals surface area contributed by atoms with Crippen molar-refractivity contribution in [3.8, 4) is 16.9 Å². The van der Waals surface area contributed by atoms with E-state index in [1.165, 1.54) is 24.0 Å². The molecule has 0 aromatic heterocycles. The average molecular weight is 416 g/mol. The Balaban J connectivity index is 1.76. The molecule has 31 heavy (non-hydrogen) atoms. The number of unbranched alkanes of at least 4 members (excludes halogenated alkanes) is 1. The highest BCUT2D eigenvalue weighted by Crippen LogP contribution is 2.52. The number of anilines is 1. The number of fused-ring (bicyclic) bond motifs is 5. The van der Waals surface area contributed by atoms with E-state index >= 15 is 0 Å². The number of hydrogen-bond donors (Lipinski definition) is 1. The summed E-state index contributed by atoms with van der Waals surface area (Å²) in [6.07, 6.45) is 10.1. The van der Waals surface area contributed by atoms with Crippen LogP contribution in [0.4, 0.5) is 5.69 Å². The lowest BCUT2D eigenvalue weighted by atomic mass is 9.99. The van der Waals surface area contributed by atoms with E-state index in [4.69, 9.17) is 4.74 Å². The number of ether oxygens (including phenoxy) is 1. The van der Waals surface area contributed by atoms with Gasteiger partial charge in [0.25, 0.3) is 5.91 Å². The Bertz CT molecular complexity index is 1110. The van der Waals surface area contributed by atoms with Crippen LogP contribution in [0.5, 0.6) is 5.75 Å². The Labute approximate surface area is 184 Å². The lowest BCUT2D eigenvalue weighted by molar-refractivity contribution is -0.118. The molecule has 0 bridgehead atoms. The lowest BCUT2D eigenvalue weighted by Gasteiger charge is -2.21. The van der Waals surface area contributed by atoms with Gasteiger partial charge in [0.1, 0.15) is 0 Å². The summed E-state index contributed by atoms with van der Waals surface area (Å²) < 4.78 is 5.85. The summed E-state index contributed by atoms with van der Waals surface area (Å²) in [5.74, 6) is 0.581. The van der Waals surface area contributed by atoms with E-state index in [2.05, 4.69) is 31.3 Å². The number of Topliss-reactive ketones (excluding diaryl/α,β-unsaturated/α-hetero) is 1. The smallest absolute Gasteiger partial charge is 0.262 e. The number of ketones is 1. The van der Waals surface area contributed by atoms with Crippen LogP contribution in [0, 0.1) is 0 Å². The molecule has 0 saturated heterocycles. The largest absolute Gasteiger partial charge is 0.481 e. The highest BCUT2D eigenvalue weighted by molar-refractivity contribution is 6.09. The molecule has 0 atom stereocenters. The predicted molar refractivity (Wildman–Crippen MR) is 126 cm³/mol. The molecule has 160 valence electrons.